The molecule has 0 aliphatic carbocycles. The molecule has 1 aromatic carbocycles. The minimum atomic E-state index is -0.678. The summed E-state index contributed by atoms with van der Waals surface area (Å²) in [6.45, 7) is 0.663. The highest BCUT2D eigenvalue weighted by Gasteiger charge is 2.07. The monoisotopic (exact) mass is 330 g/mol. The van der Waals surface area contributed by atoms with Gasteiger partial charge in [0.05, 0.1) is 26.9 Å². The summed E-state index contributed by atoms with van der Waals surface area (Å²) in [5.41, 5.74) is 7.54. The van der Waals surface area contributed by atoms with Gasteiger partial charge in [-0.2, -0.15) is 0 Å². The van der Waals surface area contributed by atoms with E-state index in [0.29, 0.717) is 18.0 Å². The first-order chi connectivity index (χ1) is 11.6. The molecular formula is C17H22N4O3. The normalized spacial score (nSPS) is 12.5. The van der Waals surface area contributed by atoms with Gasteiger partial charge in [-0.1, -0.05) is 6.07 Å². The number of aliphatic imine (C=N–C) groups is 1. The molecule has 4 N–H and O–H groups in total. The molecule has 0 saturated carbocycles. The summed E-state index contributed by atoms with van der Waals surface area (Å²) in [5, 5.41) is 13.0. The maximum atomic E-state index is 10.0. The molecule has 2 rings (SSSR count). The largest absolute Gasteiger partial charge is 0.493 e. The first-order valence-electron chi connectivity index (χ1n) is 7.46. The predicted octanol–water partition coefficient (Wildman–Crippen LogP) is 1.24. The van der Waals surface area contributed by atoms with Crippen LogP contribution in [0.2, 0.25) is 0 Å². The molecule has 0 saturated heterocycles. The quantitative estimate of drug-likeness (QED) is 0.521. The lowest BCUT2D eigenvalue weighted by molar-refractivity contribution is 0.181. The van der Waals surface area contributed by atoms with E-state index < -0.39 is 6.10 Å². The van der Waals surface area contributed by atoms with E-state index in [4.69, 9.17) is 15.2 Å². The van der Waals surface area contributed by atoms with Crippen LogP contribution in [0.1, 0.15) is 17.2 Å². The Morgan fingerprint density at radius 1 is 1.21 bits per heavy atom. The first-order valence-corrected chi connectivity index (χ1v) is 7.46. The highest BCUT2D eigenvalue weighted by atomic mass is 16.5. The summed E-state index contributed by atoms with van der Waals surface area (Å²) < 4.78 is 10.4. The van der Waals surface area contributed by atoms with Crippen molar-refractivity contribution in [2.45, 2.75) is 12.6 Å². The fourth-order valence-electron chi connectivity index (χ4n) is 2.12. The van der Waals surface area contributed by atoms with Crippen LogP contribution in [0.5, 0.6) is 11.5 Å². The number of benzene rings is 1. The Labute approximate surface area is 141 Å². The zero-order chi connectivity index (χ0) is 17.4. The third-order valence-electron chi connectivity index (χ3n) is 3.45. The van der Waals surface area contributed by atoms with Crippen LogP contribution in [0.25, 0.3) is 0 Å². The van der Waals surface area contributed by atoms with Crippen LogP contribution in [0.15, 0.2) is 47.7 Å². The fourth-order valence-corrected chi connectivity index (χ4v) is 2.12. The van der Waals surface area contributed by atoms with Gasteiger partial charge in [0.1, 0.15) is 0 Å². The highest BCUT2D eigenvalue weighted by Crippen LogP contribution is 2.27. The Balaban J connectivity index is 1.90. The van der Waals surface area contributed by atoms with Gasteiger partial charge in [0.15, 0.2) is 17.5 Å². The molecule has 7 heteroatoms. The molecule has 0 fully saturated rings. The summed E-state index contributed by atoms with van der Waals surface area (Å²) >= 11 is 0. The van der Waals surface area contributed by atoms with Crippen molar-refractivity contribution in [1.82, 2.24) is 10.3 Å². The van der Waals surface area contributed by atoms with Gasteiger partial charge in [0.2, 0.25) is 0 Å². The number of hydrogen-bond acceptors (Lipinski definition) is 5. The lowest BCUT2D eigenvalue weighted by atomic mass is 10.1. The van der Waals surface area contributed by atoms with E-state index in [1.807, 2.05) is 18.2 Å². The molecule has 0 amide bonds. The molecule has 24 heavy (non-hydrogen) atoms. The highest BCUT2D eigenvalue weighted by molar-refractivity contribution is 5.77. The summed E-state index contributed by atoms with van der Waals surface area (Å²) in [6.07, 6.45) is 2.59. The van der Waals surface area contributed by atoms with Crippen LogP contribution in [0.4, 0.5) is 0 Å². The third-order valence-corrected chi connectivity index (χ3v) is 3.45. The van der Waals surface area contributed by atoms with E-state index in [1.165, 1.54) is 0 Å². The van der Waals surface area contributed by atoms with Gasteiger partial charge in [-0.05, 0) is 35.4 Å². The molecule has 1 aromatic heterocycles. The van der Waals surface area contributed by atoms with Crippen LogP contribution in [0, 0.1) is 0 Å². The number of nitrogens with zero attached hydrogens (tertiary/aromatic N) is 2. The number of guanidine groups is 1. The van der Waals surface area contributed by atoms with Crippen LogP contribution in [0.3, 0.4) is 0 Å². The molecule has 0 bridgehead atoms. The Kier molecular flexibility index (Phi) is 6.39. The van der Waals surface area contributed by atoms with Crippen molar-refractivity contribution in [3.63, 3.8) is 0 Å². The molecule has 1 heterocycles. The number of nitrogens with two attached hydrogens (primary N) is 1. The van der Waals surface area contributed by atoms with Gasteiger partial charge in [-0.3, -0.25) is 4.98 Å². The first kappa shape index (κ1) is 17.6. The van der Waals surface area contributed by atoms with Gasteiger partial charge in [-0.25, -0.2) is 4.99 Å². The molecule has 7 nitrogen and oxygen atoms in total. The second-order valence-electron chi connectivity index (χ2n) is 5.07. The second kappa shape index (κ2) is 8.73. The third kappa shape index (κ3) is 4.85. The molecule has 0 spiro atoms. The van der Waals surface area contributed by atoms with E-state index in [9.17, 15) is 5.11 Å². The Hall–Kier alpha value is -2.80. The zero-order valence-corrected chi connectivity index (χ0v) is 13.8. The van der Waals surface area contributed by atoms with Crippen molar-refractivity contribution in [3.05, 3.63) is 53.9 Å². The molecule has 2 aromatic rings. The van der Waals surface area contributed by atoms with Gasteiger partial charge in [0, 0.05) is 18.9 Å². The molecule has 0 aliphatic rings. The summed E-state index contributed by atoms with van der Waals surface area (Å²) in [6, 6.07) is 9.07. The Morgan fingerprint density at radius 3 is 2.58 bits per heavy atom. The van der Waals surface area contributed by atoms with Crippen molar-refractivity contribution in [1.29, 1.82) is 0 Å². The van der Waals surface area contributed by atoms with E-state index in [2.05, 4.69) is 15.3 Å². The number of aliphatic hydroxyl groups is 1. The smallest absolute Gasteiger partial charge is 0.189 e. The molecular weight excluding hydrogens is 308 g/mol. The summed E-state index contributed by atoms with van der Waals surface area (Å²) in [5.74, 6) is 1.57. The fraction of sp³-hybridized carbons (Fsp3) is 0.294. The number of ether oxygens (including phenoxy) is 2. The SMILES string of the molecule is COc1ccc(CN=C(N)NCC(O)c2ccncc2)cc1OC. The molecule has 128 valence electrons. The van der Waals surface area contributed by atoms with Crippen LogP contribution < -0.4 is 20.5 Å². The van der Waals surface area contributed by atoms with Crippen molar-refractivity contribution >= 4 is 5.96 Å². The maximum Gasteiger partial charge on any atom is 0.189 e. The number of pyridine rings is 1. The molecule has 1 atom stereocenters. The number of rotatable bonds is 7. The summed E-state index contributed by atoms with van der Waals surface area (Å²) in [7, 11) is 3.17. The zero-order valence-electron chi connectivity index (χ0n) is 13.8. The van der Waals surface area contributed by atoms with Crippen LogP contribution >= 0.6 is 0 Å². The average Bonchev–Trinajstić information content (AvgIpc) is 2.64. The standard InChI is InChI=1S/C17H22N4O3/c1-23-15-4-3-12(9-16(15)24-2)10-20-17(18)21-11-14(22)13-5-7-19-8-6-13/h3-9,14,22H,10-11H2,1-2H3,(H3,18,20,21). The number of aromatic nitrogens is 1. The van der Waals surface area contributed by atoms with Crippen molar-refractivity contribution in [2.24, 2.45) is 10.7 Å². The Morgan fingerprint density at radius 2 is 1.92 bits per heavy atom. The lowest BCUT2D eigenvalue weighted by Gasteiger charge is -2.12. The minimum absolute atomic E-state index is 0.262. The number of methoxy groups -OCH3 is 2. The van der Waals surface area contributed by atoms with Gasteiger partial charge >= 0.3 is 0 Å². The van der Waals surface area contributed by atoms with Gasteiger partial charge in [0.25, 0.3) is 0 Å². The lowest BCUT2D eigenvalue weighted by Crippen LogP contribution is -2.34. The second-order valence-corrected chi connectivity index (χ2v) is 5.07. The van der Waals surface area contributed by atoms with Gasteiger partial charge in [-0.15, -0.1) is 0 Å². The van der Waals surface area contributed by atoms with E-state index in [1.54, 1.807) is 38.7 Å². The molecule has 0 radical (unpaired) electrons. The number of nitrogens with one attached hydrogen (secondary N) is 1. The van der Waals surface area contributed by atoms with Crippen LogP contribution in [-0.2, 0) is 6.54 Å². The number of hydrogen-bond donors (Lipinski definition) is 3. The summed E-state index contributed by atoms with van der Waals surface area (Å²) in [4.78, 5) is 8.17. The maximum absolute atomic E-state index is 10.0. The van der Waals surface area contributed by atoms with E-state index in [0.717, 1.165) is 11.1 Å². The average molecular weight is 330 g/mol. The van der Waals surface area contributed by atoms with Gasteiger partial charge < -0.3 is 25.6 Å². The molecule has 1 unspecified atom stereocenters. The van der Waals surface area contributed by atoms with Crippen molar-refractivity contribution in [2.75, 3.05) is 20.8 Å². The van der Waals surface area contributed by atoms with Crippen LogP contribution in [-0.4, -0.2) is 36.8 Å². The van der Waals surface area contributed by atoms with Crippen molar-refractivity contribution < 1.29 is 14.6 Å². The predicted molar refractivity (Wildman–Crippen MR) is 92.1 cm³/mol. The van der Waals surface area contributed by atoms with Crippen molar-refractivity contribution in [3.8, 4) is 11.5 Å². The minimum Gasteiger partial charge on any atom is -0.493 e. The van der Waals surface area contributed by atoms with E-state index in [-0.39, 0.29) is 12.5 Å². The van der Waals surface area contributed by atoms with E-state index >= 15 is 0 Å². The topological polar surface area (TPSA) is 102 Å². The molecule has 0 aliphatic heterocycles. The Bertz CT molecular complexity index is 677. The number of aliphatic hydroxyl groups excluding tert-OH is 1.